The molecule has 0 atom stereocenters. The highest BCUT2D eigenvalue weighted by Gasteiger charge is 2.20. The average molecular weight is 342 g/mol. The van der Waals surface area contributed by atoms with E-state index in [9.17, 15) is 9.59 Å². The lowest BCUT2D eigenvalue weighted by Gasteiger charge is -2.06. The molecule has 9 heteroatoms. The molecule has 3 heterocycles. The molecule has 0 radical (unpaired) electrons. The van der Waals surface area contributed by atoms with Crippen LogP contribution < -0.4 is 10.6 Å². The second-order valence-corrected chi connectivity index (χ2v) is 5.58. The van der Waals surface area contributed by atoms with Crippen LogP contribution in [0.25, 0.3) is 0 Å². The van der Waals surface area contributed by atoms with Crippen LogP contribution in [0.15, 0.2) is 35.1 Å². The van der Waals surface area contributed by atoms with Crippen molar-refractivity contribution in [2.45, 2.75) is 13.5 Å². The van der Waals surface area contributed by atoms with Gasteiger partial charge in [-0.1, -0.05) is 0 Å². The number of carbonyl (C=O) groups excluding carboxylic acids is 2. The Balaban J connectivity index is 1.75. The fourth-order valence-electron chi connectivity index (χ4n) is 2.42. The zero-order chi connectivity index (χ0) is 18.0. The second kappa shape index (κ2) is 6.63. The highest BCUT2D eigenvalue weighted by atomic mass is 16.3. The summed E-state index contributed by atoms with van der Waals surface area (Å²) in [4.78, 5) is 24.8. The van der Waals surface area contributed by atoms with Crippen molar-refractivity contribution in [2.24, 2.45) is 14.1 Å². The number of amides is 2. The average Bonchev–Trinajstić information content (AvgIpc) is 3.26. The van der Waals surface area contributed by atoms with Gasteiger partial charge < -0.3 is 15.1 Å². The number of anilines is 1. The summed E-state index contributed by atoms with van der Waals surface area (Å²) in [5.74, 6) is -0.148. The third-order valence-corrected chi connectivity index (χ3v) is 3.53. The summed E-state index contributed by atoms with van der Waals surface area (Å²) < 4.78 is 8.12. The minimum atomic E-state index is -0.409. The molecule has 25 heavy (non-hydrogen) atoms. The Labute approximate surface area is 143 Å². The number of nitrogens with one attached hydrogen (secondary N) is 2. The molecule has 0 unspecified atom stereocenters. The maximum Gasteiger partial charge on any atom is 0.274 e. The zero-order valence-corrected chi connectivity index (χ0v) is 14.1. The van der Waals surface area contributed by atoms with Gasteiger partial charge in [0.1, 0.15) is 11.5 Å². The lowest BCUT2D eigenvalue weighted by atomic mass is 10.3. The molecule has 0 fully saturated rings. The van der Waals surface area contributed by atoms with Crippen LogP contribution in [0, 0.1) is 6.92 Å². The van der Waals surface area contributed by atoms with Crippen molar-refractivity contribution in [3.63, 3.8) is 0 Å². The molecule has 0 saturated carbocycles. The Morgan fingerprint density at radius 1 is 1.24 bits per heavy atom. The molecule has 0 saturated heterocycles. The topological polar surface area (TPSA) is 107 Å². The van der Waals surface area contributed by atoms with Gasteiger partial charge in [0, 0.05) is 20.3 Å². The molecule has 0 aliphatic heterocycles. The minimum absolute atomic E-state index is 0.126. The third-order valence-electron chi connectivity index (χ3n) is 3.53. The summed E-state index contributed by atoms with van der Waals surface area (Å²) >= 11 is 0. The number of carbonyl (C=O) groups is 2. The number of hydrogen-bond donors (Lipinski definition) is 2. The van der Waals surface area contributed by atoms with Crippen molar-refractivity contribution in [3.05, 3.63) is 53.5 Å². The van der Waals surface area contributed by atoms with Crippen molar-refractivity contribution in [3.8, 4) is 0 Å². The SMILES string of the molecule is Cc1cc(C(=O)Nc2cn(C)nc2C(=O)NCc2ccco2)n(C)n1. The van der Waals surface area contributed by atoms with E-state index in [-0.39, 0.29) is 18.1 Å². The van der Waals surface area contributed by atoms with Gasteiger partial charge in [-0.25, -0.2) is 0 Å². The van der Waals surface area contributed by atoms with Gasteiger partial charge in [0.15, 0.2) is 5.69 Å². The van der Waals surface area contributed by atoms with Crippen LogP contribution in [0.5, 0.6) is 0 Å². The summed E-state index contributed by atoms with van der Waals surface area (Å²) in [6.07, 6.45) is 3.10. The molecule has 9 nitrogen and oxygen atoms in total. The third kappa shape index (κ3) is 3.60. The smallest absolute Gasteiger partial charge is 0.274 e. The molecule has 0 aliphatic carbocycles. The number of nitrogens with zero attached hydrogens (tertiary/aromatic N) is 4. The first-order chi connectivity index (χ1) is 11.9. The first-order valence-electron chi connectivity index (χ1n) is 7.60. The summed E-state index contributed by atoms with van der Waals surface area (Å²) in [5.41, 5.74) is 1.57. The van der Waals surface area contributed by atoms with E-state index in [1.165, 1.54) is 15.6 Å². The number of hydrogen-bond acceptors (Lipinski definition) is 5. The fraction of sp³-hybridized carbons (Fsp3) is 0.250. The fourth-order valence-corrected chi connectivity index (χ4v) is 2.42. The first-order valence-corrected chi connectivity index (χ1v) is 7.60. The predicted molar refractivity (Wildman–Crippen MR) is 89.0 cm³/mol. The highest BCUT2D eigenvalue weighted by molar-refractivity contribution is 6.07. The maximum absolute atomic E-state index is 12.4. The van der Waals surface area contributed by atoms with Crippen molar-refractivity contribution < 1.29 is 14.0 Å². The number of aromatic nitrogens is 4. The van der Waals surface area contributed by atoms with Gasteiger partial charge in [-0.05, 0) is 25.1 Å². The van der Waals surface area contributed by atoms with E-state index >= 15 is 0 Å². The molecule has 130 valence electrons. The van der Waals surface area contributed by atoms with Crippen LogP contribution in [0.4, 0.5) is 5.69 Å². The Bertz CT molecular complexity index is 907. The zero-order valence-electron chi connectivity index (χ0n) is 14.1. The molecule has 2 N–H and O–H groups in total. The van der Waals surface area contributed by atoms with Gasteiger partial charge in [0.05, 0.1) is 24.2 Å². The maximum atomic E-state index is 12.4. The van der Waals surface area contributed by atoms with Crippen LogP contribution in [0.2, 0.25) is 0 Å². The number of aryl methyl sites for hydroxylation is 3. The largest absolute Gasteiger partial charge is 0.467 e. The molecule has 0 aromatic carbocycles. The van der Waals surface area contributed by atoms with Gasteiger partial charge >= 0.3 is 0 Å². The molecular formula is C16H18N6O3. The Morgan fingerprint density at radius 3 is 2.68 bits per heavy atom. The van der Waals surface area contributed by atoms with E-state index in [0.29, 0.717) is 17.1 Å². The summed E-state index contributed by atoms with van der Waals surface area (Å²) in [6, 6.07) is 5.16. The van der Waals surface area contributed by atoms with Crippen molar-refractivity contribution in [1.29, 1.82) is 0 Å². The standard InChI is InChI=1S/C16H18N6O3/c1-10-7-13(22(3)19-10)15(23)18-12-9-21(2)20-14(12)16(24)17-8-11-5-4-6-25-11/h4-7,9H,8H2,1-3H3,(H,17,24)(H,18,23). The normalized spacial score (nSPS) is 10.7. The van der Waals surface area contributed by atoms with E-state index in [2.05, 4.69) is 20.8 Å². The van der Waals surface area contributed by atoms with Crippen LogP contribution >= 0.6 is 0 Å². The van der Waals surface area contributed by atoms with Gasteiger partial charge in [0.25, 0.3) is 11.8 Å². The van der Waals surface area contributed by atoms with E-state index in [4.69, 9.17) is 4.42 Å². The van der Waals surface area contributed by atoms with E-state index in [1.54, 1.807) is 45.4 Å². The molecular weight excluding hydrogens is 324 g/mol. The molecule has 2 amide bonds. The highest BCUT2D eigenvalue weighted by Crippen LogP contribution is 2.15. The summed E-state index contributed by atoms with van der Waals surface area (Å²) in [5, 5.41) is 13.7. The Kier molecular flexibility index (Phi) is 4.38. The van der Waals surface area contributed by atoms with Gasteiger partial charge in [-0.3, -0.25) is 19.0 Å². The Morgan fingerprint density at radius 2 is 2.04 bits per heavy atom. The molecule has 3 aromatic rings. The van der Waals surface area contributed by atoms with Gasteiger partial charge in [-0.15, -0.1) is 0 Å². The van der Waals surface area contributed by atoms with Crippen molar-refractivity contribution >= 4 is 17.5 Å². The van der Waals surface area contributed by atoms with Crippen molar-refractivity contribution in [1.82, 2.24) is 24.9 Å². The van der Waals surface area contributed by atoms with Crippen molar-refractivity contribution in [2.75, 3.05) is 5.32 Å². The molecule has 3 rings (SSSR count). The van der Waals surface area contributed by atoms with Crippen LogP contribution in [0.3, 0.4) is 0 Å². The van der Waals surface area contributed by atoms with Crippen LogP contribution in [-0.2, 0) is 20.6 Å². The van der Waals surface area contributed by atoms with Gasteiger partial charge in [-0.2, -0.15) is 10.2 Å². The van der Waals surface area contributed by atoms with Crippen LogP contribution in [-0.4, -0.2) is 31.4 Å². The summed E-state index contributed by atoms with van der Waals surface area (Å²) in [7, 11) is 3.36. The minimum Gasteiger partial charge on any atom is -0.467 e. The first kappa shape index (κ1) is 16.5. The quantitative estimate of drug-likeness (QED) is 0.725. The monoisotopic (exact) mass is 342 g/mol. The van der Waals surface area contributed by atoms with E-state index < -0.39 is 5.91 Å². The second-order valence-electron chi connectivity index (χ2n) is 5.58. The number of rotatable bonds is 5. The predicted octanol–water partition coefficient (Wildman–Crippen LogP) is 1.24. The summed E-state index contributed by atoms with van der Waals surface area (Å²) in [6.45, 7) is 2.03. The molecule has 0 aliphatic rings. The molecule has 0 spiro atoms. The lowest BCUT2D eigenvalue weighted by Crippen LogP contribution is -2.25. The van der Waals surface area contributed by atoms with E-state index in [1.807, 2.05) is 0 Å². The molecule has 0 bridgehead atoms. The number of furan rings is 1. The lowest BCUT2D eigenvalue weighted by molar-refractivity contribution is 0.0943. The van der Waals surface area contributed by atoms with Crippen LogP contribution in [0.1, 0.15) is 32.4 Å². The molecule has 3 aromatic heterocycles. The van der Waals surface area contributed by atoms with Gasteiger partial charge in [0.2, 0.25) is 0 Å². The Hall–Kier alpha value is -3.36. The van der Waals surface area contributed by atoms with E-state index in [0.717, 1.165) is 5.69 Å².